The normalized spacial score (nSPS) is 14.1. The van der Waals surface area contributed by atoms with Crippen LogP contribution in [0.15, 0.2) is 24.3 Å². The van der Waals surface area contributed by atoms with Crippen molar-refractivity contribution < 1.29 is 14.3 Å². The van der Waals surface area contributed by atoms with Gasteiger partial charge in [0.1, 0.15) is 6.10 Å². The number of nitrogen functional groups attached to an aromatic ring is 1. The Morgan fingerprint density at radius 3 is 2.71 bits per heavy atom. The third kappa shape index (κ3) is 4.07. The molecule has 0 aliphatic carbocycles. The topological polar surface area (TPSA) is 61.5 Å². The Kier molecular flexibility index (Phi) is 4.97. The summed E-state index contributed by atoms with van der Waals surface area (Å²) in [6.07, 6.45) is -0.240. The number of carbonyl (C=O) groups excluding carboxylic acids is 1. The molecule has 94 valence electrons. The standard InChI is InChI=1S/C13H19NO3/c1-9(8-16-3)17-13(15)10(2)11-5-4-6-12(14)7-11/h4-7,9-10H,8,14H2,1-3H3. The van der Waals surface area contributed by atoms with Crippen molar-refractivity contribution in [3.63, 3.8) is 0 Å². The molecule has 0 heterocycles. The van der Waals surface area contributed by atoms with Crippen LogP contribution in [-0.4, -0.2) is 25.8 Å². The third-order valence-electron chi connectivity index (χ3n) is 2.48. The summed E-state index contributed by atoms with van der Waals surface area (Å²) in [5, 5.41) is 0. The lowest BCUT2D eigenvalue weighted by Gasteiger charge is -2.16. The van der Waals surface area contributed by atoms with Gasteiger partial charge in [-0.1, -0.05) is 12.1 Å². The maximum Gasteiger partial charge on any atom is 0.313 e. The molecule has 0 saturated carbocycles. The number of nitrogens with two attached hydrogens (primary N) is 1. The van der Waals surface area contributed by atoms with Crippen LogP contribution < -0.4 is 5.73 Å². The van der Waals surface area contributed by atoms with Gasteiger partial charge in [-0.15, -0.1) is 0 Å². The van der Waals surface area contributed by atoms with Crippen molar-refractivity contribution in [1.29, 1.82) is 0 Å². The zero-order valence-corrected chi connectivity index (χ0v) is 10.5. The van der Waals surface area contributed by atoms with E-state index in [2.05, 4.69) is 0 Å². The van der Waals surface area contributed by atoms with E-state index < -0.39 is 0 Å². The first-order chi connectivity index (χ1) is 8.04. The maximum absolute atomic E-state index is 11.8. The van der Waals surface area contributed by atoms with Crippen molar-refractivity contribution in [2.24, 2.45) is 0 Å². The number of anilines is 1. The number of ether oxygens (including phenoxy) is 2. The van der Waals surface area contributed by atoms with Crippen molar-refractivity contribution in [2.75, 3.05) is 19.5 Å². The van der Waals surface area contributed by atoms with Gasteiger partial charge in [0.2, 0.25) is 0 Å². The molecule has 0 fully saturated rings. The van der Waals surface area contributed by atoms with E-state index in [1.165, 1.54) is 0 Å². The van der Waals surface area contributed by atoms with Gasteiger partial charge >= 0.3 is 5.97 Å². The number of carbonyl (C=O) groups is 1. The first-order valence-electron chi connectivity index (χ1n) is 5.59. The molecule has 1 aromatic carbocycles. The van der Waals surface area contributed by atoms with E-state index in [-0.39, 0.29) is 18.0 Å². The SMILES string of the molecule is COCC(C)OC(=O)C(C)c1cccc(N)c1. The molecule has 0 aromatic heterocycles. The highest BCUT2D eigenvalue weighted by Gasteiger charge is 2.19. The summed E-state index contributed by atoms with van der Waals surface area (Å²) in [4.78, 5) is 11.8. The molecule has 0 bridgehead atoms. The van der Waals surface area contributed by atoms with Crippen LogP contribution in [0, 0.1) is 0 Å². The van der Waals surface area contributed by atoms with Crippen molar-refractivity contribution in [3.05, 3.63) is 29.8 Å². The van der Waals surface area contributed by atoms with Gasteiger partial charge in [-0.25, -0.2) is 0 Å². The molecule has 2 atom stereocenters. The number of methoxy groups -OCH3 is 1. The van der Waals surface area contributed by atoms with Gasteiger partial charge in [-0.2, -0.15) is 0 Å². The molecule has 4 nitrogen and oxygen atoms in total. The van der Waals surface area contributed by atoms with Crippen LogP contribution in [0.5, 0.6) is 0 Å². The lowest BCUT2D eigenvalue weighted by molar-refractivity contribution is -0.151. The van der Waals surface area contributed by atoms with Crippen LogP contribution in [0.25, 0.3) is 0 Å². The Bertz CT molecular complexity index is 379. The number of hydrogen-bond donors (Lipinski definition) is 1. The van der Waals surface area contributed by atoms with Crippen LogP contribution in [0.1, 0.15) is 25.3 Å². The average molecular weight is 237 g/mol. The van der Waals surface area contributed by atoms with Crippen LogP contribution in [0.4, 0.5) is 5.69 Å². The molecule has 2 unspecified atom stereocenters. The summed E-state index contributed by atoms with van der Waals surface area (Å²) in [6.45, 7) is 4.00. The zero-order valence-electron chi connectivity index (χ0n) is 10.5. The molecular weight excluding hydrogens is 218 g/mol. The number of esters is 1. The summed E-state index contributed by atoms with van der Waals surface area (Å²) >= 11 is 0. The minimum absolute atomic E-state index is 0.240. The van der Waals surface area contributed by atoms with Crippen LogP contribution in [0.3, 0.4) is 0 Å². The molecule has 0 aliphatic heterocycles. The Morgan fingerprint density at radius 1 is 1.41 bits per heavy atom. The zero-order chi connectivity index (χ0) is 12.8. The minimum atomic E-state index is -0.321. The molecule has 0 radical (unpaired) electrons. The van der Waals surface area contributed by atoms with Gasteiger partial charge in [0.15, 0.2) is 0 Å². The summed E-state index contributed by atoms with van der Waals surface area (Å²) in [7, 11) is 1.58. The molecule has 1 rings (SSSR count). The molecule has 0 amide bonds. The Hall–Kier alpha value is -1.55. The van der Waals surface area contributed by atoms with E-state index in [4.69, 9.17) is 15.2 Å². The highest BCUT2D eigenvalue weighted by atomic mass is 16.6. The second kappa shape index (κ2) is 6.25. The molecule has 17 heavy (non-hydrogen) atoms. The number of hydrogen-bond acceptors (Lipinski definition) is 4. The van der Waals surface area contributed by atoms with Crippen molar-refractivity contribution in [3.8, 4) is 0 Å². The molecule has 1 aromatic rings. The van der Waals surface area contributed by atoms with Gasteiger partial charge in [-0.3, -0.25) is 4.79 Å². The second-order valence-electron chi connectivity index (χ2n) is 4.09. The van der Waals surface area contributed by atoms with Crippen molar-refractivity contribution >= 4 is 11.7 Å². The first kappa shape index (κ1) is 13.5. The van der Waals surface area contributed by atoms with E-state index >= 15 is 0 Å². The Morgan fingerprint density at radius 2 is 2.12 bits per heavy atom. The van der Waals surface area contributed by atoms with Crippen molar-refractivity contribution in [2.45, 2.75) is 25.9 Å². The number of rotatable bonds is 5. The minimum Gasteiger partial charge on any atom is -0.460 e. The van der Waals surface area contributed by atoms with Crippen LogP contribution in [0.2, 0.25) is 0 Å². The summed E-state index contributed by atoms with van der Waals surface area (Å²) in [6, 6.07) is 7.26. The van der Waals surface area contributed by atoms with Crippen LogP contribution in [-0.2, 0) is 14.3 Å². The summed E-state index contributed by atoms with van der Waals surface area (Å²) < 4.78 is 10.2. The van der Waals surface area contributed by atoms with Crippen molar-refractivity contribution in [1.82, 2.24) is 0 Å². The Balaban J connectivity index is 2.63. The van der Waals surface area contributed by atoms with Gasteiger partial charge < -0.3 is 15.2 Å². The summed E-state index contributed by atoms with van der Waals surface area (Å²) in [5.74, 6) is -0.585. The van der Waals surface area contributed by atoms with Gasteiger partial charge in [0.25, 0.3) is 0 Å². The molecular formula is C13H19NO3. The van der Waals surface area contributed by atoms with E-state index in [1.807, 2.05) is 12.1 Å². The summed E-state index contributed by atoms with van der Waals surface area (Å²) in [5.41, 5.74) is 7.18. The van der Waals surface area contributed by atoms with Gasteiger partial charge in [0, 0.05) is 12.8 Å². The molecule has 0 spiro atoms. The first-order valence-corrected chi connectivity index (χ1v) is 5.59. The quantitative estimate of drug-likeness (QED) is 0.628. The molecule has 4 heteroatoms. The molecule has 0 aliphatic rings. The predicted molar refractivity (Wildman–Crippen MR) is 66.7 cm³/mol. The van der Waals surface area contributed by atoms with Gasteiger partial charge in [-0.05, 0) is 31.5 Å². The predicted octanol–water partition coefficient (Wildman–Crippen LogP) is 1.95. The fraction of sp³-hybridized carbons (Fsp3) is 0.462. The van der Waals surface area contributed by atoms with Crippen LogP contribution >= 0.6 is 0 Å². The maximum atomic E-state index is 11.8. The lowest BCUT2D eigenvalue weighted by Crippen LogP contribution is -2.23. The smallest absolute Gasteiger partial charge is 0.313 e. The number of benzene rings is 1. The second-order valence-corrected chi connectivity index (χ2v) is 4.09. The van der Waals surface area contributed by atoms with E-state index in [9.17, 15) is 4.79 Å². The van der Waals surface area contributed by atoms with E-state index in [0.29, 0.717) is 12.3 Å². The fourth-order valence-electron chi connectivity index (χ4n) is 1.53. The lowest BCUT2D eigenvalue weighted by atomic mass is 10.0. The largest absolute Gasteiger partial charge is 0.460 e. The van der Waals surface area contributed by atoms with E-state index in [0.717, 1.165) is 5.56 Å². The highest BCUT2D eigenvalue weighted by Crippen LogP contribution is 2.19. The Labute approximate surface area is 102 Å². The molecule has 0 saturated heterocycles. The monoisotopic (exact) mass is 237 g/mol. The third-order valence-corrected chi connectivity index (χ3v) is 2.48. The highest BCUT2D eigenvalue weighted by molar-refractivity contribution is 5.78. The van der Waals surface area contributed by atoms with Gasteiger partial charge in [0.05, 0.1) is 12.5 Å². The van der Waals surface area contributed by atoms with E-state index in [1.54, 1.807) is 33.1 Å². The fourth-order valence-corrected chi connectivity index (χ4v) is 1.53. The molecule has 2 N–H and O–H groups in total. The average Bonchev–Trinajstić information content (AvgIpc) is 2.28.